The molecule has 1 saturated heterocycles. The molecule has 1 aromatic rings. The second-order valence-corrected chi connectivity index (χ2v) is 5.58. The van der Waals surface area contributed by atoms with E-state index < -0.39 is 0 Å². The minimum absolute atomic E-state index is 0.233. The fraction of sp³-hybridized carbons (Fsp3) is 0.643. The number of likely N-dealkylation sites (tertiary alicyclic amines) is 1. The number of hydrogen-bond acceptors (Lipinski definition) is 3. The lowest BCUT2D eigenvalue weighted by Crippen LogP contribution is -2.40. The van der Waals surface area contributed by atoms with E-state index in [-0.39, 0.29) is 6.10 Å². The Morgan fingerprint density at radius 3 is 3.11 bits per heavy atom. The second-order valence-electron chi connectivity index (χ2n) is 5.17. The highest BCUT2D eigenvalue weighted by molar-refractivity contribution is 6.31. The van der Waals surface area contributed by atoms with E-state index >= 15 is 0 Å². The molecule has 100 valence electrons. The Bertz CT molecular complexity index is 384. The number of halogens is 1. The molecule has 0 spiro atoms. The van der Waals surface area contributed by atoms with E-state index in [0.717, 1.165) is 30.1 Å². The van der Waals surface area contributed by atoms with Crippen molar-refractivity contribution in [3.63, 3.8) is 0 Å². The molecule has 2 heterocycles. The molecule has 1 aliphatic rings. The van der Waals surface area contributed by atoms with Gasteiger partial charge in [0.1, 0.15) is 0 Å². The lowest BCUT2D eigenvalue weighted by molar-refractivity contribution is 0.0818. The van der Waals surface area contributed by atoms with Gasteiger partial charge in [-0.2, -0.15) is 0 Å². The normalized spacial score (nSPS) is 22.9. The third kappa shape index (κ3) is 3.67. The molecule has 4 heteroatoms. The van der Waals surface area contributed by atoms with Crippen molar-refractivity contribution in [1.29, 1.82) is 0 Å². The van der Waals surface area contributed by atoms with Gasteiger partial charge >= 0.3 is 0 Å². The third-order valence-corrected chi connectivity index (χ3v) is 3.93. The molecule has 0 radical (unpaired) electrons. The van der Waals surface area contributed by atoms with Gasteiger partial charge in [0.25, 0.3) is 0 Å². The third-order valence-electron chi connectivity index (χ3n) is 3.59. The maximum atomic E-state index is 9.58. The van der Waals surface area contributed by atoms with Crippen molar-refractivity contribution in [2.24, 2.45) is 0 Å². The van der Waals surface area contributed by atoms with Crippen LogP contribution in [0.2, 0.25) is 5.02 Å². The van der Waals surface area contributed by atoms with Crippen molar-refractivity contribution in [2.45, 2.75) is 51.3 Å². The fourth-order valence-electron chi connectivity index (χ4n) is 2.68. The Morgan fingerprint density at radius 1 is 1.56 bits per heavy atom. The summed E-state index contributed by atoms with van der Waals surface area (Å²) in [5.41, 5.74) is 1.13. The van der Waals surface area contributed by atoms with Crippen LogP contribution in [-0.2, 0) is 6.54 Å². The number of pyridine rings is 1. The lowest BCUT2D eigenvalue weighted by Gasteiger charge is -2.36. The molecule has 2 unspecified atom stereocenters. The number of aliphatic hydroxyl groups excluding tert-OH is 1. The summed E-state index contributed by atoms with van der Waals surface area (Å²) in [4.78, 5) is 6.46. The van der Waals surface area contributed by atoms with Gasteiger partial charge in [-0.3, -0.25) is 9.88 Å². The molecule has 0 aromatic carbocycles. The van der Waals surface area contributed by atoms with Crippen LogP contribution in [0.5, 0.6) is 0 Å². The van der Waals surface area contributed by atoms with Crippen molar-refractivity contribution in [1.82, 2.24) is 9.88 Å². The van der Waals surface area contributed by atoms with Crippen LogP contribution in [0.4, 0.5) is 0 Å². The van der Waals surface area contributed by atoms with E-state index in [9.17, 15) is 5.11 Å². The summed E-state index contributed by atoms with van der Waals surface area (Å²) in [5, 5.41) is 10.3. The minimum atomic E-state index is -0.233. The lowest BCUT2D eigenvalue weighted by atomic mass is 9.96. The van der Waals surface area contributed by atoms with Gasteiger partial charge in [-0.1, -0.05) is 18.0 Å². The van der Waals surface area contributed by atoms with Gasteiger partial charge in [0.15, 0.2) is 0 Å². The van der Waals surface area contributed by atoms with E-state index in [0.29, 0.717) is 6.04 Å². The summed E-state index contributed by atoms with van der Waals surface area (Å²) in [6.07, 6.45) is 7.77. The number of piperidine rings is 1. The molecule has 1 N–H and O–H groups in total. The van der Waals surface area contributed by atoms with Crippen molar-refractivity contribution >= 4 is 11.6 Å². The number of nitrogens with zero attached hydrogens (tertiary/aromatic N) is 2. The van der Waals surface area contributed by atoms with Crippen LogP contribution in [0.1, 0.15) is 38.2 Å². The quantitative estimate of drug-likeness (QED) is 0.912. The van der Waals surface area contributed by atoms with E-state index in [2.05, 4.69) is 9.88 Å². The van der Waals surface area contributed by atoms with Crippen molar-refractivity contribution in [3.05, 3.63) is 29.0 Å². The fourth-order valence-corrected chi connectivity index (χ4v) is 2.86. The van der Waals surface area contributed by atoms with Crippen LogP contribution in [0.15, 0.2) is 18.5 Å². The predicted octanol–water partition coefficient (Wildman–Crippen LogP) is 2.86. The molecule has 1 aliphatic heterocycles. The highest BCUT2D eigenvalue weighted by atomic mass is 35.5. The van der Waals surface area contributed by atoms with Gasteiger partial charge in [0, 0.05) is 25.0 Å². The molecule has 0 aliphatic carbocycles. The van der Waals surface area contributed by atoms with Crippen LogP contribution in [-0.4, -0.2) is 33.7 Å². The van der Waals surface area contributed by atoms with Crippen LogP contribution in [0, 0.1) is 0 Å². The molecule has 2 atom stereocenters. The zero-order chi connectivity index (χ0) is 13.0. The first kappa shape index (κ1) is 13.8. The van der Waals surface area contributed by atoms with Crippen LogP contribution >= 0.6 is 11.6 Å². The van der Waals surface area contributed by atoms with Crippen molar-refractivity contribution in [2.75, 3.05) is 6.54 Å². The first-order valence-corrected chi connectivity index (χ1v) is 7.05. The summed E-state index contributed by atoms with van der Waals surface area (Å²) < 4.78 is 0. The van der Waals surface area contributed by atoms with E-state index in [4.69, 9.17) is 11.6 Å². The molecule has 18 heavy (non-hydrogen) atoms. The minimum Gasteiger partial charge on any atom is -0.393 e. The van der Waals surface area contributed by atoms with Crippen molar-refractivity contribution < 1.29 is 5.11 Å². The van der Waals surface area contributed by atoms with Gasteiger partial charge in [-0.15, -0.1) is 0 Å². The first-order chi connectivity index (χ1) is 8.66. The Balaban J connectivity index is 2.03. The number of aromatic nitrogens is 1. The van der Waals surface area contributed by atoms with Crippen LogP contribution in [0.3, 0.4) is 0 Å². The molecular weight excluding hydrogens is 248 g/mol. The second kappa shape index (κ2) is 6.50. The zero-order valence-electron chi connectivity index (χ0n) is 10.8. The highest BCUT2D eigenvalue weighted by Gasteiger charge is 2.24. The molecule has 0 saturated carbocycles. The largest absolute Gasteiger partial charge is 0.393 e. The maximum Gasteiger partial charge on any atom is 0.0634 e. The number of rotatable bonds is 4. The number of aliphatic hydroxyl groups is 1. The first-order valence-electron chi connectivity index (χ1n) is 6.67. The Labute approximate surface area is 114 Å². The van der Waals surface area contributed by atoms with E-state index in [1.54, 1.807) is 12.4 Å². The summed E-state index contributed by atoms with van der Waals surface area (Å²) in [7, 11) is 0. The summed E-state index contributed by atoms with van der Waals surface area (Å²) in [6.45, 7) is 3.82. The maximum absolute atomic E-state index is 9.58. The molecule has 2 rings (SSSR count). The monoisotopic (exact) mass is 268 g/mol. The Morgan fingerprint density at radius 2 is 2.39 bits per heavy atom. The highest BCUT2D eigenvalue weighted by Crippen LogP contribution is 2.25. The molecule has 1 aromatic heterocycles. The Kier molecular flexibility index (Phi) is 4.98. The SMILES string of the molecule is CC(O)CC1CCCCN1Cc1ccncc1Cl. The smallest absolute Gasteiger partial charge is 0.0634 e. The average Bonchev–Trinajstić information content (AvgIpc) is 2.34. The van der Waals surface area contributed by atoms with E-state index in [1.807, 2.05) is 13.0 Å². The van der Waals surface area contributed by atoms with E-state index in [1.165, 1.54) is 19.3 Å². The van der Waals surface area contributed by atoms with Crippen LogP contribution in [0.25, 0.3) is 0 Å². The molecular formula is C14H21ClN2O. The molecule has 0 bridgehead atoms. The summed E-state index contributed by atoms with van der Waals surface area (Å²) in [5.74, 6) is 0. The zero-order valence-corrected chi connectivity index (χ0v) is 11.6. The number of hydrogen-bond donors (Lipinski definition) is 1. The van der Waals surface area contributed by atoms with Gasteiger partial charge in [0.2, 0.25) is 0 Å². The topological polar surface area (TPSA) is 36.4 Å². The standard InChI is InChI=1S/C14H21ClN2O/c1-11(18)8-13-4-2-3-7-17(13)10-12-5-6-16-9-14(12)15/h5-6,9,11,13,18H,2-4,7-8,10H2,1H3. The average molecular weight is 269 g/mol. The van der Waals surface area contributed by atoms with Crippen LogP contribution < -0.4 is 0 Å². The summed E-state index contributed by atoms with van der Waals surface area (Å²) >= 11 is 6.16. The Hall–Kier alpha value is -0.640. The van der Waals surface area contributed by atoms with Gasteiger partial charge in [-0.25, -0.2) is 0 Å². The molecule has 1 fully saturated rings. The predicted molar refractivity (Wildman–Crippen MR) is 73.6 cm³/mol. The van der Waals surface area contributed by atoms with Gasteiger partial charge in [0.05, 0.1) is 11.1 Å². The van der Waals surface area contributed by atoms with Gasteiger partial charge < -0.3 is 5.11 Å². The summed E-state index contributed by atoms with van der Waals surface area (Å²) in [6, 6.07) is 2.46. The molecule has 3 nitrogen and oxygen atoms in total. The van der Waals surface area contributed by atoms with Crippen molar-refractivity contribution in [3.8, 4) is 0 Å². The van der Waals surface area contributed by atoms with Gasteiger partial charge in [-0.05, 0) is 44.4 Å². The molecule has 0 amide bonds.